The lowest BCUT2D eigenvalue weighted by atomic mass is 10.2. The Kier molecular flexibility index (Phi) is 6.40. The van der Waals surface area contributed by atoms with E-state index >= 15 is 0 Å². The van der Waals surface area contributed by atoms with Gasteiger partial charge in [-0.25, -0.2) is 8.42 Å². The zero-order chi connectivity index (χ0) is 22.7. The molecular weight excluding hydrogens is 510 g/mol. The number of carbonyl (C=O) groups is 1. The van der Waals surface area contributed by atoms with E-state index in [-0.39, 0.29) is 4.90 Å². The number of anilines is 1. The lowest BCUT2D eigenvalue weighted by Gasteiger charge is -2.08. The normalized spacial score (nSPS) is 12.1. The van der Waals surface area contributed by atoms with Crippen molar-refractivity contribution in [3.8, 4) is 0 Å². The van der Waals surface area contributed by atoms with Crippen molar-refractivity contribution in [1.29, 1.82) is 0 Å². The van der Waals surface area contributed by atoms with E-state index in [1.165, 1.54) is 23.5 Å². The molecule has 0 fully saturated rings. The number of hydrogen-bond donors (Lipinski definition) is 1. The van der Waals surface area contributed by atoms with Crippen molar-refractivity contribution in [3.05, 3.63) is 100 Å². The van der Waals surface area contributed by atoms with Crippen LogP contribution >= 0.6 is 27.3 Å². The van der Waals surface area contributed by atoms with Crippen LogP contribution in [0.5, 0.6) is 0 Å². The topological polar surface area (TPSA) is 80.5 Å². The number of hydrogen-bond acceptors (Lipinski definition) is 4. The third-order valence-electron chi connectivity index (χ3n) is 4.59. The number of nitrogens with one attached hydrogen (secondary N) is 1. The summed E-state index contributed by atoms with van der Waals surface area (Å²) in [7, 11) is -3.70. The lowest BCUT2D eigenvalue weighted by molar-refractivity contribution is 0.0998. The Morgan fingerprint density at radius 2 is 1.81 bits per heavy atom. The van der Waals surface area contributed by atoms with Crippen molar-refractivity contribution in [3.63, 3.8) is 0 Å². The van der Waals surface area contributed by atoms with E-state index < -0.39 is 15.9 Å². The van der Waals surface area contributed by atoms with Gasteiger partial charge >= 0.3 is 0 Å². The monoisotopic (exact) mass is 527 g/mol. The van der Waals surface area contributed by atoms with Gasteiger partial charge in [0.2, 0.25) is 0 Å². The second-order valence-corrected chi connectivity index (χ2v) is 10.4. The average molecular weight is 528 g/mol. The molecule has 0 saturated carbocycles. The minimum absolute atomic E-state index is 0.165. The van der Waals surface area contributed by atoms with Crippen LogP contribution in [0.1, 0.15) is 10.4 Å². The molecule has 0 saturated heterocycles. The molecule has 0 atom stereocenters. The summed E-state index contributed by atoms with van der Waals surface area (Å²) < 4.78 is 31.3. The quantitative estimate of drug-likeness (QED) is 0.350. The van der Waals surface area contributed by atoms with Crippen LogP contribution < -0.4 is 9.52 Å². The van der Waals surface area contributed by atoms with Gasteiger partial charge < -0.3 is 4.57 Å². The maximum Gasteiger partial charge on any atom is 0.279 e. The fourth-order valence-corrected chi connectivity index (χ4v) is 5.75. The highest BCUT2D eigenvalue weighted by Gasteiger charge is 2.14. The van der Waals surface area contributed by atoms with Crippen LogP contribution in [-0.2, 0) is 16.6 Å². The molecule has 0 spiro atoms. The van der Waals surface area contributed by atoms with Gasteiger partial charge in [0.05, 0.1) is 15.1 Å². The molecule has 9 heteroatoms. The minimum Gasteiger partial charge on any atom is -0.312 e. The molecule has 1 N–H and O–H groups in total. The smallest absolute Gasteiger partial charge is 0.279 e. The summed E-state index contributed by atoms with van der Waals surface area (Å²) in [4.78, 5) is 17.8. The highest BCUT2D eigenvalue weighted by Crippen LogP contribution is 2.22. The number of thiazole rings is 1. The number of benzene rings is 3. The zero-order valence-electron chi connectivity index (χ0n) is 16.7. The number of halogens is 1. The van der Waals surface area contributed by atoms with Gasteiger partial charge in [-0.2, -0.15) is 4.99 Å². The molecule has 4 rings (SSSR count). The first-order valence-corrected chi connectivity index (χ1v) is 12.6. The van der Waals surface area contributed by atoms with E-state index in [9.17, 15) is 13.2 Å². The zero-order valence-corrected chi connectivity index (χ0v) is 20.0. The molecule has 0 radical (unpaired) electrons. The molecule has 1 amide bonds. The maximum absolute atomic E-state index is 12.8. The molecule has 0 aliphatic heterocycles. The summed E-state index contributed by atoms with van der Waals surface area (Å²) in [5, 5.41) is 0. The minimum atomic E-state index is -3.70. The lowest BCUT2D eigenvalue weighted by Crippen LogP contribution is -2.16. The Morgan fingerprint density at radius 1 is 1.09 bits per heavy atom. The van der Waals surface area contributed by atoms with Crippen LogP contribution in [0.2, 0.25) is 0 Å². The molecule has 0 bridgehead atoms. The van der Waals surface area contributed by atoms with Crippen molar-refractivity contribution < 1.29 is 13.2 Å². The van der Waals surface area contributed by atoms with E-state index in [4.69, 9.17) is 0 Å². The van der Waals surface area contributed by atoms with E-state index in [0.29, 0.717) is 22.6 Å². The molecule has 0 aliphatic carbocycles. The Labute approximate surface area is 197 Å². The third kappa shape index (κ3) is 4.74. The Balaban J connectivity index is 1.61. The van der Waals surface area contributed by atoms with Gasteiger partial charge in [0.15, 0.2) is 4.80 Å². The molecular formula is C23H18BrN3O3S2. The number of carbonyl (C=O) groups excluding carboxylic acids is 1. The summed E-state index contributed by atoms with van der Waals surface area (Å²) >= 11 is 4.88. The number of amides is 1. The molecule has 32 heavy (non-hydrogen) atoms. The van der Waals surface area contributed by atoms with Crippen molar-refractivity contribution in [2.45, 2.75) is 11.4 Å². The molecule has 1 heterocycles. The van der Waals surface area contributed by atoms with Crippen molar-refractivity contribution in [2.75, 3.05) is 4.72 Å². The van der Waals surface area contributed by atoms with Crippen LogP contribution in [0.3, 0.4) is 0 Å². The van der Waals surface area contributed by atoms with Gasteiger partial charge in [-0.1, -0.05) is 51.5 Å². The van der Waals surface area contributed by atoms with E-state index in [2.05, 4.69) is 32.2 Å². The number of allylic oxidation sites excluding steroid dienone is 1. The number of sulfonamides is 1. The first-order valence-electron chi connectivity index (χ1n) is 9.54. The van der Waals surface area contributed by atoms with Gasteiger partial charge in [-0.05, 0) is 54.6 Å². The summed E-state index contributed by atoms with van der Waals surface area (Å²) in [5.41, 5.74) is 1.69. The fourth-order valence-electron chi connectivity index (χ4n) is 3.08. The number of rotatable bonds is 6. The van der Waals surface area contributed by atoms with Crippen molar-refractivity contribution in [2.24, 2.45) is 4.99 Å². The van der Waals surface area contributed by atoms with Crippen molar-refractivity contribution in [1.82, 2.24) is 4.57 Å². The summed E-state index contributed by atoms with van der Waals surface area (Å²) in [6.45, 7) is 4.31. The second kappa shape index (κ2) is 9.23. The molecule has 0 aliphatic rings. The highest BCUT2D eigenvalue weighted by atomic mass is 79.9. The summed E-state index contributed by atoms with van der Waals surface area (Å²) in [6, 6.07) is 20.2. The Morgan fingerprint density at radius 3 is 2.50 bits per heavy atom. The number of nitrogens with zero attached hydrogens (tertiary/aromatic N) is 2. The van der Waals surface area contributed by atoms with Crippen LogP contribution in [0.25, 0.3) is 10.2 Å². The molecule has 0 unspecified atom stereocenters. The van der Waals surface area contributed by atoms with Gasteiger partial charge in [-0.15, -0.1) is 6.58 Å². The van der Waals surface area contributed by atoms with Crippen molar-refractivity contribution >= 4 is 59.1 Å². The van der Waals surface area contributed by atoms with E-state index in [0.717, 1.165) is 14.7 Å². The third-order valence-corrected chi connectivity index (χ3v) is 7.52. The number of fused-ring (bicyclic) bond motifs is 1. The summed E-state index contributed by atoms with van der Waals surface area (Å²) in [6.07, 6.45) is 1.76. The Hall–Kier alpha value is -3.01. The molecule has 1 aromatic heterocycles. The van der Waals surface area contributed by atoms with Crippen LogP contribution in [0.15, 0.2) is 99.8 Å². The van der Waals surface area contributed by atoms with E-state index in [1.54, 1.807) is 48.5 Å². The molecule has 4 aromatic rings. The Bertz CT molecular complexity index is 1470. The van der Waals surface area contributed by atoms with Gasteiger partial charge in [0.1, 0.15) is 0 Å². The largest absolute Gasteiger partial charge is 0.312 e. The maximum atomic E-state index is 12.8. The SMILES string of the molecule is C=CCn1c(=NC(=O)c2ccc(NS(=O)(=O)c3ccccc3)cc2)sc2cc(Br)ccc21. The predicted octanol–water partition coefficient (Wildman–Crippen LogP) is 5.19. The van der Waals surface area contributed by atoms with Crippen LogP contribution in [-0.4, -0.2) is 18.9 Å². The molecule has 162 valence electrons. The molecule has 3 aromatic carbocycles. The fraction of sp³-hybridized carbons (Fsp3) is 0.0435. The molecule has 6 nitrogen and oxygen atoms in total. The van der Waals surface area contributed by atoms with E-state index in [1.807, 2.05) is 22.8 Å². The summed E-state index contributed by atoms with van der Waals surface area (Å²) in [5.74, 6) is -0.411. The predicted molar refractivity (Wildman–Crippen MR) is 131 cm³/mol. The van der Waals surface area contributed by atoms with Crippen LogP contribution in [0.4, 0.5) is 5.69 Å². The first kappa shape index (κ1) is 22.2. The standard InChI is InChI=1S/C23H18BrN3O3S2/c1-2-14-27-20-13-10-17(24)15-21(20)31-23(27)25-22(28)16-8-11-18(12-9-16)26-32(29,30)19-6-4-3-5-7-19/h2-13,15,26H,1,14H2. The van der Waals surface area contributed by atoms with Gasteiger partial charge in [0, 0.05) is 22.3 Å². The van der Waals surface area contributed by atoms with Crippen LogP contribution in [0, 0.1) is 0 Å². The second-order valence-electron chi connectivity index (χ2n) is 6.81. The number of aromatic nitrogens is 1. The van der Waals surface area contributed by atoms with Gasteiger partial charge in [-0.3, -0.25) is 9.52 Å². The van der Waals surface area contributed by atoms with Gasteiger partial charge in [0.25, 0.3) is 15.9 Å². The first-order chi connectivity index (χ1) is 15.4. The average Bonchev–Trinajstić information content (AvgIpc) is 3.10. The highest BCUT2D eigenvalue weighted by molar-refractivity contribution is 9.10.